The average molecular weight is 181 g/mol. The number of nitrogens with one attached hydrogen (secondary N) is 1. The Labute approximate surface area is 80.7 Å². The van der Waals surface area contributed by atoms with Crippen LogP contribution in [0.2, 0.25) is 0 Å². The quantitative estimate of drug-likeness (QED) is 0.702. The number of nitrogens with zero attached hydrogens (tertiary/aromatic N) is 2. The van der Waals surface area contributed by atoms with E-state index in [1.165, 1.54) is 32.4 Å². The summed E-state index contributed by atoms with van der Waals surface area (Å²) in [7, 11) is 0. The third kappa shape index (κ3) is 3.75. The summed E-state index contributed by atoms with van der Waals surface area (Å²) in [4.78, 5) is 2.39. The number of nitriles is 1. The molecule has 1 heterocycles. The minimum Gasteiger partial charge on any atom is -0.301 e. The first kappa shape index (κ1) is 10.5. The number of hydrogen-bond donors (Lipinski definition) is 1. The molecule has 0 aromatic carbocycles. The zero-order valence-corrected chi connectivity index (χ0v) is 8.42. The standard InChI is InChI=1S/C10H19N3/c1-2-12-10(8-11)9-13-6-4-3-5-7-13/h10,12H,2-7,9H2,1H3. The van der Waals surface area contributed by atoms with E-state index >= 15 is 0 Å². The van der Waals surface area contributed by atoms with Crippen LogP contribution in [0.15, 0.2) is 0 Å². The topological polar surface area (TPSA) is 39.1 Å². The lowest BCUT2D eigenvalue weighted by Crippen LogP contribution is -2.42. The smallest absolute Gasteiger partial charge is 0.108 e. The second kappa shape index (κ2) is 5.95. The number of likely N-dealkylation sites (N-methyl/N-ethyl adjacent to an activating group) is 1. The van der Waals surface area contributed by atoms with E-state index in [9.17, 15) is 0 Å². The predicted octanol–water partition coefficient (Wildman–Crippen LogP) is 0.974. The van der Waals surface area contributed by atoms with Crippen molar-refractivity contribution in [2.24, 2.45) is 0 Å². The minimum absolute atomic E-state index is 0.0168. The summed E-state index contributed by atoms with van der Waals surface area (Å²) < 4.78 is 0. The number of likely N-dealkylation sites (tertiary alicyclic amines) is 1. The average Bonchev–Trinajstić information content (AvgIpc) is 2.19. The van der Waals surface area contributed by atoms with Crippen molar-refractivity contribution in [1.82, 2.24) is 10.2 Å². The molecular formula is C10H19N3. The van der Waals surface area contributed by atoms with Crippen LogP contribution in [0.4, 0.5) is 0 Å². The van der Waals surface area contributed by atoms with Crippen LogP contribution in [0.3, 0.4) is 0 Å². The third-order valence-electron chi connectivity index (χ3n) is 2.50. The maximum absolute atomic E-state index is 8.85. The first-order valence-corrected chi connectivity index (χ1v) is 5.22. The largest absolute Gasteiger partial charge is 0.301 e. The number of hydrogen-bond acceptors (Lipinski definition) is 3. The molecule has 0 saturated carbocycles. The van der Waals surface area contributed by atoms with Gasteiger partial charge in [0.15, 0.2) is 0 Å². The SMILES string of the molecule is CCNC(C#N)CN1CCCCC1. The molecule has 1 rings (SSSR count). The summed E-state index contributed by atoms with van der Waals surface area (Å²) in [6, 6.07) is 2.31. The van der Waals surface area contributed by atoms with E-state index in [0.29, 0.717) is 0 Å². The van der Waals surface area contributed by atoms with Crippen LogP contribution in [-0.2, 0) is 0 Å². The van der Waals surface area contributed by atoms with Gasteiger partial charge in [-0.1, -0.05) is 13.3 Å². The maximum atomic E-state index is 8.85. The second-order valence-corrected chi connectivity index (χ2v) is 3.60. The first-order chi connectivity index (χ1) is 6.36. The van der Waals surface area contributed by atoms with Crippen molar-refractivity contribution in [3.05, 3.63) is 0 Å². The first-order valence-electron chi connectivity index (χ1n) is 5.22. The summed E-state index contributed by atoms with van der Waals surface area (Å²) >= 11 is 0. The summed E-state index contributed by atoms with van der Waals surface area (Å²) in [5, 5.41) is 12.0. The van der Waals surface area contributed by atoms with Gasteiger partial charge in [-0.05, 0) is 32.5 Å². The molecule has 13 heavy (non-hydrogen) atoms. The number of rotatable bonds is 4. The molecule has 0 aliphatic carbocycles. The molecular weight excluding hydrogens is 162 g/mol. The molecule has 0 radical (unpaired) electrons. The summed E-state index contributed by atoms with van der Waals surface area (Å²) in [5.41, 5.74) is 0. The van der Waals surface area contributed by atoms with E-state index < -0.39 is 0 Å². The van der Waals surface area contributed by atoms with Crippen molar-refractivity contribution in [3.8, 4) is 6.07 Å². The van der Waals surface area contributed by atoms with Crippen LogP contribution in [0.1, 0.15) is 26.2 Å². The van der Waals surface area contributed by atoms with Gasteiger partial charge in [-0.2, -0.15) is 5.26 Å². The fourth-order valence-corrected chi connectivity index (χ4v) is 1.80. The highest BCUT2D eigenvalue weighted by atomic mass is 15.1. The van der Waals surface area contributed by atoms with Crippen LogP contribution >= 0.6 is 0 Å². The van der Waals surface area contributed by atoms with Crippen LogP contribution in [0.25, 0.3) is 0 Å². The molecule has 0 spiro atoms. The highest BCUT2D eigenvalue weighted by molar-refractivity contribution is 4.92. The Hall–Kier alpha value is -0.590. The van der Waals surface area contributed by atoms with Gasteiger partial charge in [0.05, 0.1) is 6.07 Å². The molecule has 3 nitrogen and oxygen atoms in total. The van der Waals surface area contributed by atoms with E-state index in [4.69, 9.17) is 5.26 Å². The van der Waals surface area contributed by atoms with Crippen molar-refractivity contribution in [2.45, 2.75) is 32.2 Å². The molecule has 3 heteroatoms. The molecule has 1 aliphatic heterocycles. The molecule has 74 valence electrons. The molecule has 1 N–H and O–H groups in total. The van der Waals surface area contributed by atoms with Crippen molar-refractivity contribution in [3.63, 3.8) is 0 Å². The Kier molecular flexibility index (Phi) is 4.81. The third-order valence-corrected chi connectivity index (χ3v) is 2.50. The van der Waals surface area contributed by atoms with Crippen molar-refractivity contribution < 1.29 is 0 Å². The van der Waals surface area contributed by atoms with Crippen molar-refractivity contribution in [1.29, 1.82) is 5.26 Å². The van der Waals surface area contributed by atoms with E-state index in [1.807, 2.05) is 6.92 Å². The Morgan fingerprint density at radius 3 is 2.62 bits per heavy atom. The lowest BCUT2D eigenvalue weighted by atomic mass is 10.1. The zero-order chi connectivity index (χ0) is 9.52. The van der Waals surface area contributed by atoms with Gasteiger partial charge < -0.3 is 10.2 Å². The molecule has 1 atom stereocenters. The van der Waals surface area contributed by atoms with Gasteiger partial charge in [0.1, 0.15) is 6.04 Å². The molecule has 0 aromatic heterocycles. The van der Waals surface area contributed by atoms with Crippen LogP contribution in [-0.4, -0.2) is 37.1 Å². The molecule has 1 saturated heterocycles. The Morgan fingerprint density at radius 1 is 1.38 bits per heavy atom. The summed E-state index contributed by atoms with van der Waals surface area (Å²) in [6.45, 7) is 6.16. The lowest BCUT2D eigenvalue weighted by Gasteiger charge is -2.28. The summed E-state index contributed by atoms with van der Waals surface area (Å²) in [6.07, 6.45) is 3.95. The van der Waals surface area contributed by atoms with Crippen molar-refractivity contribution >= 4 is 0 Å². The lowest BCUT2D eigenvalue weighted by molar-refractivity contribution is 0.217. The predicted molar refractivity (Wildman–Crippen MR) is 53.4 cm³/mol. The fraction of sp³-hybridized carbons (Fsp3) is 0.900. The van der Waals surface area contributed by atoms with E-state index in [0.717, 1.165) is 13.1 Å². The van der Waals surface area contributed by atoms with Gasteiger partial charge in [-0.15, -0.1) is 0 Å². The molecule has 1 aliphatic rings. The van der Waals surface area contributed by atoms with Gasteiger partial charge in [0, 0.05) is 6.54 Å². The van der Waals surface area contributed by atoms with Crippen LogP contribution in [0.5, 0.6) is 0 Å². The van der Waals surface area contributed by atoms with Gasteiger partial charge in [-0.25, -0.2) is 0 Å². The van der Waals surface area contributed by atoms with Gasteiger partial charge in [0.2, 0.25) is 0 Å². The Bertz CT molecular complexity index is 167. The van der Waals surface area contributed by atoms with Gasteiger partial charge in [0.25, 0.3) is 0 Å². The highest BCUT2D eigenvalue weighted by Gasteiger charge is 2.14. The molecule has 0 amide bonds. The van der Waals surface area contributed by atoms with E-state index in [1.54, 1.807) is 0 Å². The Balaban J connectivity index is 2.24. The molecule has 1 fully saturated rings. The molecule has 0 bridgehead atoms. The normalized spacial score (nSPS) is 20.9. The minimum atomic E-state index is 0.0168. The highest BCUT2D eigenvalue weighted by Crippen LogP contribution is 2.08. The zero-order valence-electron chi connectivity index (χ0n) is 8.42. The van der Waals surface area contributed by atoms with Gasteiger partial charge in [-0.3, -0.25) is 0 Å². The van der Waals surface area contributed by atoms with Gasteiger partial charge >= 0.3 is 0 Å². The molecule has 0 aromatic rings. The monoisotopic (exact) mass is 181 g/mol. The van der Waals surface area contributed by atoms with E-state index in [-0.39, 0.29) is 6.04 Å². The fourth-order valence-electron chi connectivity index (χ4n) is 1.80. The summed E-state index contributed by atoms with van der Waals surface area (Å²) in [5.74, 6) is 0. The van der Waals surface area contributed by atoms with Crippen LogP contribution < -0.4 is 5.32 Å². The maximum Gasteiger partial charge on any atom is 0.108 e. The van der Waals surface area contributed by atoms with Crippen molar-refractivity contribution in [2.75, 3.05) is 26.2 Å². The molecule has 1 unspecified atom stereocenters. The second-order valence-electron chi connectivity index (χ2n) is 3.60. The van der Waals surface area contributed by atoms with Crippen LogP contribution in [0, 0.1) is 11.3 Å². The number of piperidine rings is 1. The van der Waals surface area contributed by atoms with E-state index in [2.05, 4.69) is 16.3 Å². The Morgan fingerprint density at radius 2 is 2.08 bits per heavy atom.